The number of aryl methyl sites for hydroxylation is 2. The number of rotatable bonds is 3. The number of furan rings is 1. The minimum atomic E-state index is -0.232. The Bertz CT molecular complexity index is 551. The molecule has 4 nitrogen and oxygen atoms in total. The summed E-state index contributed by atoms with van der Waals surface area (Å²) in [5.74, 6) is 0.962. The first kappa shape index (κ1) is 12.1. The first-order valence-corrected chi connectivity index (χ1v) is 5.61. The van der Waals surface area contributed by atoms with Crippen LogP contribution in [0.15, 0.2) is 41.0 Å². The summed E-state index contributed by atoms with van der Waals surface area (Å²) in [5, 5.41) is 2.71. The highest BCUT2D eigenvalue weighted by Gasteiger charge is 2.01. The molecule has 0 saturated carbocycles. The van der Waals surface area contributed by atoms with Crippen LogP contribution in [0.4, 0.5) is 5.82 Å². The number of carbonyl (C=O) groups excluding carboxylic acids is 1. The normalized spacial score (nSPS) is 10.8. The van der Waals surface area contributed by atoms with Crippen molar-refractivity contribution >= 4 is 17.8 Å². The number of carbonyl (C=O) groups is 1. The van der Waals surface area contributed by atoms with Crippen LogP contribution in [0.1, 0.15) is 17.0 Å². The van der Waals surface area contributed by atoms with E-state index < -0.39 is 0 Å². The van der Waals surface area contributed by atoms with Crippen LogP contribution >= 0.6 is 0 Å². The summed E-state index contributed by atoms with van der Waals surface area (Å²) < 4.78 is 5.09. The van der Waals surface area contributed by atoms with Gasteiger partial charge in [-0.25, -0.2) is 4.98 Å². The fraction of sp³-hybridized carbons (Fsp3) is 0.143. The van der Waals surface area contributed by atoms with Crippen molar-refractivity contribution in [3.05, 3.63) is 53.6 Å². The second-order valence-corrected chi connectivity index (χ2v) is 4.01. The predicted molar refractivity (Wildman–Crippen MR) is 70.1 cm³/mol. The molecule has 2 heterocycles. The summed E-state index contributed by atoms with van der Waals surface area (Å²) in [6.07, 6.45) is 4.58. The lowest BCUT2D eigenvalue weighted by Crippen LogP contribution is -2.09. The molecule has 0 radical (unpaired) electrons. The van der Waals surface area contributed by atoms with Gasteiger partial charge in [-0.15, -0.1) is 0 Å². The molecule has 0 aliphatic rings. The molecule has 2 aromatic heterocycles. The largest absolute Gasteiger partial charge is 0.465 e. The summed E-state index contributed by atoms with van der Waals surface area (Å²) >= 11 is 0. The van der Waals surface area contributed by atoms with Crippen molar-refractivity contribution in [1.29, 1.82) is 0 Å². The molecule has 0 atom stereocenters. The van der Waals surface area contributed by atoms with Gasteiger partial charge in [0, 0.05) is 11.8 Å². The Labute approximate surface area is 105 Å². The second-order valence-electron chi connectivity index (χ2n) is 4.01. The van der Waals surface area contributed by atoms with Crippen molar-refractivity contribution in [3.8, 4) is 0 Å². The molecular weight excluding hydrogens is 228 g/mol. The molecule has 2 aromatic rings. The van der Waals surface area contributed by atoms with Crippen molar-refractivity contribution in [3.63, 3.8) is 0 Å². The highest BCUT2D eigenvalue weighted by atomic mass is 16.3. The van der Waals surface area contributed by atoms with Crippen LogP contribution in [0.3, 0.4) is 0 Å². The molecule has 0 unspecified atom stereocenters. The van der Waals surface area contributed by atoms with Gasteiger partial charge in [-0.1, -0.05) is 0 Å². The maximum atomic E-state index is 11.7. The van der Waals surface area contributed by atoms with Gasteiger partial charge in [0.05, 0.1) is 6.26 Å². The van der Waals surface area contributed by atoms with Gasteiger partial charge in [-0.2, -0.15) is 0 Å². The summed E-state index contributed by atoms with van der Waals surface area (Å²) in [4.78, 5) is 15.9. The Hall–Kier alpha value is -2.36. The van der Waals surface area contributed by atoms with Crippen molar-refractivity contribution in [2.45, 2.75) is 13.8 Å². The molecular formula is C14H14N2O2. The van der Waals surface area contributed by atoms with E-state index in [4.69, 9.17) is 4.42 Å². The van der Waals surface area contributed by atoms with Gasteiger partial charge in [-0.05, 0) is 49.8 Å². The van der Waals surface area contributed by atoms with Crippen LogP contribution in [0.2, 0.25) is 0 Å². The van der Waals surface area contributed by atoms with Crippen molar-refractivity contribution in [1.82, 2.24) is 4.98 Å². The fourth-order valence-corrected chi connectivity index (χ4v) is 1.62. The highest BCUT2D eigenvalue weighted by Crippen LogP contribution is 2.09. The number of hydrogen-bond donors (Lipinski definition) is 1. The number of pyridine rings is 1. The van der Waals surface area contributed by atoms with Gasteiger partial charge in [0.2, 0.25) is 5.91 Å². The number of amides is 1. The Morgan fingerprint density at radius 1 is 1.39 bits per heavy atom. The van der Waals surface area contributed by atoms with Gasteiger partial charge in [0.1, 0.15) is 11.6 Å². The van der Waals surface area contributed by atoms with Crippen LogP contribution in [0.5, 0.6) is 0 Å². The van der Waals surface area contributed by atoms with Crippen molar-refractivity contribution in [2.75, 3.05) is 5.32 Å². The van der Waals surface area contributed by atoms with E-state index in [2.05, 4.69) is 10.3 Å². The first-order chi connectivity index (χ1) is 8.63. The number of nitrogens with one attached hydrogen (secondary N) is 1. The van der Waals surface area contributed by atoms with Crippen molar-refractivity contribution < 1.29 is 9.21 Å². The van der Waals surface area contributed by atoms with Gasteiger partial charge < -0.3 is 9.73 Å². The van der Waals surface area contributed by atoms with E-state index in [1.807, 2.05) is 26.0 Å². The zero-order valence-electron chi connectivity index (χ0n) is 10.3. The van der Waals surface area contributed by atoms with Crippen LogP contribution in [-0.2, 0) is 4.79 Å². The molecule has 0 bridgehead atoms. The van der Waals surface area contributed by atoms with E-state index in [1.165, 1.54) is 6.08 Å². The molecule has 92 valence electrons. The molecule has 0 fully saturated rings. The van der Waals surface area contributed by atoms with E-state index >= 15 is 0 Å². The first-order valence-electron chi connectivity index (χ1n) is 5.61. The van der Waals surface area contributed by atoms with Crippen LogP contribution in [0, 0.1) is 13.8 Å². The summed E-state index contributed by atoms with van der Waals surface area (Å²) in [6.45, 7) is 3.85. The van der Waals surface area contributed by atoms with Crippen LogP contribution < -0.4 is 5.32 Å². The Morgan fingerprint density at radius 2 is 2.22 bits per heavy atom. The second kappa shape index (κ2) is 5.31. The minimum Gasteiger partial charge on any atom is -0.465 e. The molecule has 1 amide bonds. The third kappa shape index (κ3) is 3.31. The van der Waals surface area contributed by atoms with Gasteiger partial charge in [0.15, 0.2) is 0 Å². The van der Waals surface area contributed by atoms with Gasteiger partial charge in [0.25, 0.3) is 0 Å². The number of aromatic nitrogens is 1. The van der Waals surface area contributed by atoms with Gasteiger partial charge >= 0.3 is 0 Å². The van der Waals surface area contributed by atoms with E-state index in [0.717, 1.165) is 11.3 Å². The zero-order valence-corrected chi connectivity index (χ0v) is 10.3. The fourth-order valence-electron chi connectivity index (χ4n) is 1.62. The Kier molecular flexibility index (Phi) is 3.57. The summed E-state index contributed by atoms with van der Waals surface area (Å²) in [5.41, 5.74) is 1.94. The predicted octanol–water partition coefficient (Wildman–Crippen LogP) is 2.94. The lowest BCUT2D eigenvalue weighted by molar-refractivity contribution is -0.111. The number of nitrogens with zero attached hydrogens (tertiary/aromatic N) is 1. The third-order valence-corrected chi connectivity index (χ3v) is 2.29. The third-order valence-electron chi connectivity index (χ3n) is 2.29. The number of hydrogen-bond acceptors (Lipinski definition) is 3. The molecule has 4 heteroatoms. The Balaban J connectivity index is 2.03. The van der Waals surface area contributed by atoms with E-state index in [1.54, 1.807) is 24.5 Å². The van der Waals surface area contributed by atoms with Crippen molar-refractivity contribution in [2.24, 2.45) is 0 Å². The SMILES string of the molecule is Cc1cc(C)nc(NC(=O)C=Cc2ccco2)c1. The number of anilines is 1. The Morgan fingerprint density at radius 3 is 2.89 bits per heavy atom. The smallest absolute Gasteiger partial charge is 0.249 e. The lowest BCUT2D eigenvalue weighted by Gasteiger charge is -2.03. The molecule has 0 spiro atoms. The van der Waals surface area contributed by atoms with Crippen LogP contribution in [0.25, 0.3) is 6.08 Å². The summed E-state index contributed by atoms with van der Waals surface area (Å²) in [6, 6.07) is 7.32. The molecule has 2 rings (SSSR count). The molecule has 0 saturated heterocycles. The quantitative estimate of drug-likeness (QED) is 0.842. The molecule has 18 heavy (non-hydrogen) atoms. The van der Waals surface area contributed by atoms with E-state index in [0.29, 0.717) is 11.6 Å². The maximum absolute atomic E-state index is 11.7. The zero-order chi connectivity index (χ0) is 13.0. The lowest BCUT2D eigenvalue weighted by atomic mass is 10.2. The monoisotopic (exact) mass is 242 g/mol. The summed E-state index contributed by atoms with van der Waals surface area (Å²) in [7, 11) is 0. The maximum Gasteiger partial charge on any atom is 0.249 e. The average molecular weight is 242 g/mol. The molecule has 0 aromatic carbocycles. The molecule has 1 N–H and O–H groups in total. The van der Waals surface area contributed by atoms with E-state index in [9.17, 15) is 4.79 Å². The average Bonchev–Trinajstić information content (AvgIpc) is 2.77. The molecule has 0 aliphatic heterocycles. The molecule has 0 aliphatic carbocycles. The highest BCUT2D eigenvalue weighted by molar-refractivity contribution is 6.01. The topological polar surface area (TPSA) is 55.1 Å². The van der Waals surface area contributed by atoms with Gasteiger partial charge in [-0.3, -0.25) is 4.79 Å². The van der Waals surface area contributed by atoms with E-state index in [-0.39, 0.29) is 5.91 Å². The standard InChI is InChI=1S/C14H14N2O2/c1-10-8-11(2)15-13(9-10)16-14(17)6-5-12-4-3-7-18-12/h3-9H,1-2H3,(H,15,16,17). The minimum absolute atomic E-state index is 0.232. The van der Waals surface area contributed by atoms with Crippen LogP contribution in [-0.4, -0.2) is 10.9 Å².